The molecule has 0 atom stereocenters. The van der Waals surface area contributed by atoms with Gasteiger partial charge in [-0.3, -0.25) is 0 Å². The second-order valence-corrected chi connectivity index (χ2v) is 13.7. The van der Waals surface area contributed by atoms with Crippen LogP contribution in [0.1, 0.15) is 50.7 Å². The van der Waals surface area contributed by atoms with Crippen LogP contribution in [0.3, 0.4) is 0 Å². The molecule has 2 nitrogen and oxygen atoms in total. The fourth-order valence-corrected chi connectivity index (χ4v) is 6.88. The summed E-state index contributed by atoms with van der Waals surface area (Å²) in [7, 11) is 0. The number of para-hydroxylation sites is 2. The summed E-state index contributed by atoms with van der Waals surface area (Å²) in [6.07, 6.45) is 7.04. The lowest BCUT2D eigenvalue weighted by Gasteiger charge is -2.19. The molecular weight excluding hydrogens is 629 g/mol. The molecule has 0 heterocycles. The van der Waals surface area contributed by atoms with Crippen molar-refractivity contribution in [2.24, 2.45) is 0 Å². The van der Waals surface area contributed by atoms with Crippen LogP contribution >= 0.6 is 0 Å². The van der Waals surface area contributed by atoms with Crippen LogP contribution in [-0.2, 0) is 12.8 Å². The summed E-state index contributed by atoms with van der Waals surface area (Å²) in [4.78, 5) is 0. The number of hydrogen-bond donors (Lipinski definition) is 2. The average molecular weight is 677 g/mol. The van der Waals surface area contributed by atoms with Gasteiger partial charge < -0.3 is 10.6 Å². The second-order valence-electron chi connectivity index (χ2n) is 13.7. The summed E-state index contributed by atoms with van der Waals surface area (Å²) in [6.45, 7) is 4.51. The van der Waals surface area contributed by atoms with E-state index in [0.717, 1.165) is 35.6 Å². The Hall–Kier alpha value is -5.86. The number of hydrogen-bond acceptors (Lipinski definition) is 2. The maximum atomic E-state index is 3.65. The van der Waals surface area contributed by atoms with Gasteiger partial charge in [-0.05, 0) is 136 Å². The Kier molecular flexibility index (Phi) is 11.2. The largest absolute Gasteiger partial charge is 0.356 e. The minimum atomic E-state index is 1.07. The Morgan fingerprint density at radius 3 is 1.25 bits per heavy atom. The average Bonchev–Trinajstić information content (AvgIpc) is 3.20. The lowest BCUT2D eigenvalue weighted by molar-refractivity contribution is 0.795. The van der Waals surface area contributed by atoms with E-state index in [1.165, 1.54) is 81.3 Å². The second kappa shape index (κ2) is 16.9. The first-order chi connectivity index (χ1) is 25.7. The standard InChI is InChI=1S/C50H48N2/c1-3-5-13-37-19-23-40(24-20-37)49-35-42(39-27-30-45(31-28-39)51-43-15-9-7-10-16-43)29-33-47(49)48-34-32-46(52-44-17-11-8-12-18-44)36-50(48)41-25-21-38(22-26-41)14-6-4-2/h7-12,15-36,51-52H,3-6,13-14H2,1-2H3. The molecule has 0 fully saturated rings. The van der Waals surface area contributed by atoms with E-state index in [1.807, 2.05) is 6.07 Å². The molecule has 2 N–H and O–H groups in total. The van der Waals surface area contributed by atoms with Crippen molar-refractivity contribution in [1.82, 2.24) is 0 Å². The van der Waals surface area contributed by atoms with Crippen molar-refractivity contribution in [3.8, 4) is 44.5 Å². The van der Waals surface area contributed by atoms with E-state index in [4.69, 9.17) is 0 Å². The number of nitrogens with one attached hydrogen (secondary N) is 2. The first kappa shape index (κ1) is 34.6. The third-order valence-corrected chi connectivity index (χ3v) is 9.84. The lowest BCUT2D eigenvalue weighted by atomic mass is 9.86. The molecule has 258 valence electrons. The molecule has 0 saturated heterocycles. The summed E-state index contributed by atoms with van der Waals surface area (Å²) in [5.41, 5.74) is 16.8. The molecule has 52 heavy (non-hydrogen) atoms. The molecule has 7 rings (SSSR count). The van der Waals surface area contributed by atoms with Gasteiger partial charge in [-0.25, -0.2) is 0 Å². The van der Waals surface area contributed by atoms with E-state index in [-0.39, 0.29) is 0 Å². The Morgan fingerprint density at radius 2 is 0.731 bits per heavy atom. The predicted molar refractivity (Wildman–Crippen MR) is 225 cm³/mol. The van der Waals surface area contributed by atoms with Crippen LogP contribution in [-0.4, -0.2) is 0 Å². The van der Waals surface area contributed by atoms with Crippen molar-refractivity contribution in [2.45, 2.75) is 52.4 Å². The lowest BCUT2D eigenvalue weighted by Crippen LogP contribution is -1.95. The van der Waals surface area contributed by atoms with Gasteiger partial charge in [0, 0.05) is 22.7 Å². The van der Waals surface area contributed by atoms with E-state index >= 15 is 0 Å². The van der Waals surface area contributed by atoms with Crippen molar-refractivity contribution in [3.05, 3.63) is 181 Å². The molecule has 0 unspecified atom stereocenters. The minimum Gasteiger partial charge on any atom is -0.356 e. The number of aryl methyl sites for hydroxylation is 2. The normalized spacial score (nSPS) is 11.0. The van der Waals surface area contributed by atoms with Crippen LogP contribution < -0.4 is 10.6 Å². The van der Waals surface area contributed by atoms with E-state index in [2.05, 4.69) is 188 Å². The van der Waals surface area contributed by atoms with Gasteiger partial charge in [0.2, 0.25) is 0 Å². The Morgan fingerprint density at radius 1 is 0.327 bits per heavy atom. The van der Waals surface area contributed by atoms with Crippen LogP contribution in [0.5, 0.6) is 0 Å². The monoisotopic (exact) mass is 676 g/mol. The van der Waals surface area contributed by atoms with Gasteiger partial charge in [0.05, 0.1) is 0 Å². The summed E-state index contributed by atoms with van der Waals surface area (Å²) < 4.78 is 0. The highest BCUT2D eigenvalue weighted by molar-refractivity contribution is 5.95. The molecular formula is C50H48N2. The predicted octanol–water partition coefficient (Wildman–Crippen LogP) is 14.5. The van der Waals surface area contributed by atoms with Crippen molar-refractivity contribution in [3.63, 3.8) is 0 Å². The van der Waals surface area contributed by atoms with Crippen molar-refractivity contribution in [2.75, 3.05) is 10.6 Å². The zero-order valence-electron chi connectivity index (χ0n) is 30.4. The van der Waals surface area contributed by atoms with E-state index in [1.54, 1.807) is 0 Å². The van der Waals surface area contributed by atoms with Gasteiger partial charge in [-0.1, -0.05) is 142 Å². The van der Waals surface area contributed by atoms with Crippen LogP contribution in [0.25, 0.3) is 44.5 Å². The maximum Gasteiger partial charge on any atom is 0.0390 e. The SMILES string of the molecule is CCCCc1ccc(-c2cc(Nc3ccccc3)ccc2-c2ccc(-c3ccc(Nc4ccccc4)cc3)cc2-c2ccc(CCCC)cc2)cc1. The zero-order valence-corrected chi connectivity index (χ0v) is 30.4. The Bertz CT molecular complexity index is 2170. The van der Waals surface area contributed by atoms with E-state index in [9.17, 15) is 0 Å². The first-order valence-corrected chi connectivity index (χ1v) is 18.9. The summed E-state index contributed by atoms with van der Waals surface area (Å²) in [5, 5.41) is 7.17. The quantitative estimate of drug-likeness (QED) is 0.120. The van der Waals surface area contributed by atoms with Crippen LogP contribution in [0.2, 0.25) is 0 Å². The van der Waals surface area contributed by atoms with E-state index in [0.29, 0.717) is 0 Å². The molecule has 0 spiro atoms. The molecule has 0 aromatic heterocycles. The number of unbranched alkanes of at least 4 members (excludes halogenated alkanes) is 2. The Balaban J connectivity index is 1.31. The third kappa shape index (κ3) is 8.53. The fraction of sp³-hybridized carbons (Fsp3) is 0.160. The molecule has 0 bridgehead atoms. The van der Waals surface area contributed by atoms with Crippen LogP contribution in [0, 0.1) is 0 Å². The molecule has 2 heteroatoms. The molecule has 7 aromatic rings. The molecule has 0 saturated carbocycles. The maximum absolute atomic E-state index is 3.65. The number of rotatable bonds is 14. The molecule has 0 amide bonds. The van der Waals surface area contributed by atoms with Gasteiger partial charge in [0.1, 0.15) is 0 Å². The minimum absolute atomic E-state index is 1.07. The first-order valence-electron chi connectivity index (χ1n) is 18.9. The van der Waals surface area contributed by atoms with Gasteiger partial charge >= 0.3 is 0 Å². The van der Waals surface area contributed by atoms with Gasteiger partial charge in [-0.2, -0.15) is 0 Å². The molecule has 0 radical (unpaired) electrons. The fourth-order valence-electron chi connectivity index (χ4n) is 6.88. The van der Waals surface area contributed by atoms with Gasteiger partial charge in [-0.15, -0.1) is 0 Å². The van der Waals surface area contributed by atoms with Crippen LogP contribution in [0.15, 0.2) is 170 Å². The molecule has 7 aromatic carbocycles. The highest BCUT2D eigenvalue weighted by Crippen LogP contribution is 2.42. The zero-order chi connectivity index (χ0) is 35.5. The van der Waals surface area contributed by atoms with Crippen molar-refractivity contribution in [1.29, 1.82) is 0 Å². The topological polar surface area (TPSA) is 24.1 Å². The highest BCUT2D eigenvalue weighted by Gasteiger charge is 2.16. The van der Waals surface area contributed by atoms with Crippen molar-refractivity contribution < 1.29 is 0 Å². The van der Waals surface area contributed by atoms with Gasteiger partial charge in [0.25, 0.3) is 0 Å². The summed E-state index contributed by atoms with van der Waals surface area (Å²) in [5.74, 6) is 0. The molecule has 0 aliphatic carbocycles. The molecule has 0 aliphatic rings. The van der Waals surface area contributed by atoms with E-state index < -0.39 is 0 Å². The van der Waals surface area contributed by atoms with Crippen molar-refractivity contribution >= 4 is 22.7 Å². The molecule has 0 aliphatic heterocycles. The van der Waals surface area contributed by atoms with Crippen LogP contribution in [0.4, 0.5) is 22.7 Å². The number of anilines is 4. The third-order valence-electron chi connectivity index (χ3n) is 9.84. The number of benzene rings is 7. The summed E-state index contributed by atoms with van der Waals surface area (Å²) in [6, 6.07) is 61.8. The highest BCUT2D eigenvalue weighted by atomic mass is 14.9. The summed E-state index contributed by atoms with van der Waals surface area (Å²) >= 11 is 0. The Labute approximate surface area is 310 Å². The van der Waals surface area contributed by atoms with Gasteiger partial charge in [0.15, 0.2) is 0 Å². The smallest absolute Gasteiger partial charge is 0.0390 e.